The van der Waals surface area contributed by atoms with E-state index in [1.165, 1.54) is 5.56 Å². The summed E-state index contributed by atoms with van der Waals surface area (Å²) < 4.78 is 0. The predicted octanol–water partition coefficient (Wildman–Crippen LogP) is 2.61. The minimum atomic E-state index is -0.689. The lowest BCUT2D eigenvalue weighted by Crippen LogP contribution is -2.25. The van der Waals surface area contributed by atoms with Gasteiger partial charge in [-0.2, -0.15) is 0 Å². The predicted molar refractivity (Wildman–Crippen MR) is 61.3 cm³/mol. The van der Waals surface area contributed by atoms with Gasteiger partial charge in [0.05, 0.1) is 5.92 Å². The third-order valence-corrected chi connectivity index (χ3v) is 3.48. The van der Waals surface area contributed by atoms with Crippen LogP contribution in [-0.4, -0.2) is 16.1 Å². The zero-order valence-electron chi connectivity index (χ0n) is 9.52. The molecule has 3 heteroatoms. The number of carboxylic acid groups (broad SMARTS) is 1. The fraction of sp³-hybridized carbons (Fsp3) is 0.538. The molecule has 0 bridgehead atoms. The van der Waals surface area contributed by atoms with Gasteiger partial charge < -0.3 is 5.11 Å². The van der Waals surface area contributed by atoms with Crippen LogP contribution < -0.4 is 0 Å². The number of rotatable bonds is 3. The number of aromatic nitrogens is 1. The first-order valence-electron chi connectivity index (χ1n) is 5.90. The third-order valence-electron chi connectivity index (χ3n) is 3.48. The number of hydrogen-bond donors (Lipinski definition) is 1. The third kappa shape index (κ3) is 1.94. The van der Waals surface area contributed by atoms with E-state index in [2.05, 4.69) is 11.1 Å². The number of pyridine rings is 1. The van der Waals surface area contributed by atoms with Crippen LogP contribution in [0.4, 0.5) is 0 Å². The van der Waals surface area contributed by atoms with Crippen LogP contribution in [0.25, 0.3) is 0 Å². The van der Waals surface area contributed by atoms with E-state index < -0.39 is 5.97 Å². The number of carboxylic acids is 1. The Morgan fingerprint density at radius 2 is 2.50 bits per heavy atom. The van der Waals surface area contributed by atoms with E-state index in [9.17, 15) is 9.90 Å². The van der Waals surface area contributed by atoms with Gasteiger partial charge in [0.15, 0.2) is 0 Å². The van der Waals surface area contributed by atoms with Crippen molar-refractivity contribution in [1.29, 1.82) is 0 Å². The average Bonchev–Trinajstić information content (AvgIpc) is 2.30. The van der Waals surface area contributed by atoms with Crippen molar-refractivity contribution >= 4 is 5.97 Å². The molecule has 1 aromatic rings. The molecular formula is C13H17NO2. The van der Waals surface area contributed by atoms with E-state index in [0.29, 0.717) is 6.42 Å². The Hall–Kier alpha value is -1.38. The molecule has 0 radical (unpaired) electrons. The molecule has 1 aliphatic carbocycles. The first-order chi connectivity index (χ1) is 7.74. The molecule has 0 aliphatic heterocycles. The summed E-state index contributed by atoms with van der Waals surface area (Å²) in [6, 6.07) is 4.01. The van der Waals surface area contributed by atoms with Gasteiger partial charge in [-0.3, -0.25) is 9.78 Å². The normalized spacial score (nSPS) is 21.2. The summed E-state index contributed by atoms with van der Waals surface area (Å²) in [6.07, 6.45) is 5.51. The second kappa shape index (κ2) is 4.64. The van der Waals surface area contributed by atoms with Gasteiger partial charge in [0, 0.05) is 17.8 Å². The van der Waals surface area contributed by atoms with Crippen molar-refractivity contribution in [2.75, 3.05) is 0 Å². The quantitative estimate of drug-likeness (QED) is 0.850. The van der Waals surface area contributed by atoms with Crippen LogP contribution >= 0.6 is 0 Å². The smallest absolute Gasteiger partial charge is 0.307 e. The van der Waals surface area contributed by atoms with Gasteiger partial charge in [0.25, 0.3) is 0 Å². The lowest BCUT2D eigenvalue weighted by atomic mass is 9.77. The van der Waals surface area contributed by atoms with E-state index in [1.54, 1.807) is 6.20 Å². The Morgan fingerprint density at radius 3 is 3.19 bits per heavy atom. The number of fused-ring (bicyclic) bond motifs is 1. The molecule has 1 N–H and O–H groups in total. The maximum Gasteiger partial charge on any atom is 0.307 e. The van der Waals surface area contributed by atoms with Gasteiger partial charge in [-0.1, -0.05) is 13.0 Å². The molecule has 2 rings (SSSR count). The van der Waals surface area contributed by atoms with Crippen LogP contribution in [-0.2, 0) is 11.2 Å². The Kier molecular flexibility index (Phi) is 3.22. The van der Waals surface area contributed by atoms with E-state index in [4.69, 9.17) is 0 Å². The van der Waals surface area contributed by atoms with Crippen LogP contribution in [0.5, 0.6) is 0 Å². The molecule has 2 atom stereocenters. The van der Waals surface area contributed by atoms with Crippen molar-refractivity contribution in [3.63, 3.8) is 0 Å². The largest absolute Gasteiger partial charge is 0.481 e. The van der Waals surface area contributed by atoms with Crippen molar-refractivity contribution in [2.45, 2.75) is 38.5 Å². The molecule has 86 valence electrons. The molecule has 2 unspecified atom stereocenters. The molecule has 3 nitrogen and oxygen atoms in total. The molecule has 1 aromatic heterocycles. The summed E-state index contributed by atoms with van der Waals surface area (Å²) in [7, 11) is 0. The molecule has 0 fully saturated rings. The second-order valence-electron chi connectivity index (χ2n) is 4.40. The fourth-order valence-corrected chi connectivity index (χ4v) is 2.67. The molecule has 0 amide bonds. The van der Waals surface area contributed by atoms with E-state index >= 15 is 0 Å². The van der Waals surface area contributed by atoms with E-state index in [-0.39, 0.29) is 11.8 Å². The summed E-state index contributed by atoms with van der Waals surface area (Å²) in [5.41, 5.74) is 2.25. The van der Waals surface area contributed by atoms with Gasteiger partial charge in [-0.15, -0.1) is 0 Å². The summed E-state index contributed by atoms with van der Waals surface area (Å²) in [6.45, 7) is 1.94. The minimum absolute atomic E-state index is 0.104. The fourth-order valence-electron chi connectivity index (χ4n) is 2.67. The Balaban J connectivity index is 2.34. The molecule has 16 heavy (non-hydrogen) atoms. The Morgan fingerprint density at radius 1 is 1.69 bits per heavy atom. The molecule has 0 aromatic carbocycles. The SMILES string of the molecule is CCC(C(=O)O)C1CCCc2cccnc21. The first-order valence-corrected chi connectivity index (χ1v) is 5.90. The monoisotopic (exact) mass is 219 g/mol. The zero-order valence-corrected chi connectivity index (χ0v) is 9.52. The van der Waals surface area contributed by atoms with Crippen molar-refractivity contribution in [3.8, 4) is 0 Å². The maximum absolute atomic E-state index is 11.2. The molecular weight excluding hydrogens is 202 g/mol. The lowest BCUT2D eigenvalue weighted by molar-refractivity contribution is -0.142. The van der Waals surface area contributed by atoms with Crippen LogP contribution in [0.15, 0.2) is 18.3 Å². The van der Waals surface area contributed by atoms with Crippen molar-refractivity contribution in [1.82, 2.24) is 4.98 Å². The van der Waals surface area contributed by atoms with Gasteiger partial charge in [-0.05, 0) is 37.3 Å². The zero-order chi connectivity index (χ0) is 11.5. The Bertz CT molecular complexity index is 389. The molecule has 1 aliphatic rings. The van der Waals surface area contributed by atoms with Gasteiger partial charge >= 0.3 is 5.97 Å². The molecule has 0 saturated carbocycles. The number of hydrogen-bond acceptors (Lipinski definition) is 2. The standard InChI is InChI=1S/C13H17NO2/c1-2-10(13(15)16)11-7-3-5-9-6-4-8-14-12(9)11/h4,6,8,10-11H,2-3,5,7H2,1H3,(H,15,16). The van der Waals surface area contributed by atoms with Gasteiger partial charge in [0.1, 0.15) is 0 Å². The second-order valence-corrected chi connectivity index (χ2v) is 4.40. The summed E-state index contributed by atoms with van der Waals surface area (Å²) in [5, 5.41) is 9.22. The number of aryl methyl sites for hydroxylation is 1. The lowest BCUT2D eigenvalue weighted by Gasteiger charge is -2.28. The highest BCUT2D eigenvalue weighted by atomic mass is 16.4. The number of aliphatic carboxylic acids is 1. The molecule has 0 saturated heterocycles. The average molecular weight is 219 g/mol. The van der Waals surface area contributed by atoms with Crippen LogP contribution in [0.1, 0.15) is 43.4 Å². The van der Waals surface area contributed by atoms with Crippen molar-refractivity contribution in [2.24, 2.45) is 5.92 Å². The summed E-state index contributed by atoms with van der Waals surface area (Å²) in [4.78, 5) is 15.6. The summed E-state index contributed by atoms with van der Waals surface area (Å²) >= 11 is 0. The highest BCUT2D eigenvalue weighted by Gasteiger charge is 2.32. The van der Waals surface area contributed by atoms with Crippen molar-refractivity contribution in [3.05, 3.63) is 29.6 Å². The number of nitrogens with zero attached hydrogens (tertiary/aromatic N) is 1. The first kappa shape index (κ1) is 11.1. The van der Waals surface area contributed by atoms with Crippen LogP contribution in [0.3, 0.4) is 0 Å². The topological polar surface area (TPSA) is 50.2 Å². The highest BCUT2D eigenvalue weighted by molar-refractivity contribution is 5.71. The molecule has 1 heterocycles. The van der Waals surface area contributed by atoms with Crippen LogP contribution in [0, 0.1) is 5.92 Å². The van der Waals surface area contributed by atoms with Crippen molar-refractivity contribution < 1.29 is 9.90 Å². The Labute approximate surface area is 95.5 Å². The highest BCUT2D eigenvalue weighted by Crippen LogP contribution is 2.36. The van der Waals surface area contributed by atoms with E-state index in [1.807, 2.05) is 13.0 Å². The van der Waals surface area contributed by atoms with Gasteiger partial charge in [-0.25, -0.2) is 0 Å². The number of carbonyl (C=O) groups is 1. The summed E-state index contributed by atoms with van der Waals surface area (Å²) in [5.74, 6) is -0.868. The minimum Gasteiger partial charge on any atom is -0.481 e. The maximum atomic E-state index is 11.2. The van der Waals surface area contributed by atoms with Gasteiger partial charge in [0.2, 0.25) is 0 Å². The van der Waals surface area contributed by atoms with Crippen LogP contribution in [0.2, 0.25) is 0 Å². The molecule has 0 spiro atoms. The van der Waals surface area contributed by atoms with E-state index in [0.717, 1.165) is 25.0 Å².